The predicted molar refractivity (Wildman–Crippen MR) is 233 cm³/mol. The molecule has 12 aromatic rings. The van der Waals surface area contributed by atoms with Crippen LogP contribution < -0.4 is 0 Å². The number of thiophene rings is 1. The zero-order chi connectivity index (χ0) is 35.3. The van der Waals surface area contributed by atoms with E-state index in [2.05, 4.69) is 182 Å². The maximum Gasteiger partial charge on any atom is 0.136 e. The SMILES string of the molecule is c1ccc(-c2c3ccccc3c(-c3ccc4cc(-c5cc6oc7cc8c(cc7c6c6ccccc56)sc5ccccc58)ccc4c3)c3ccccc23)cc1. The highest BCUT2D eigenvalue weighted by Crippen LogP contribution is 2.46. The molecule has 0 aliphatic heterocycles. The molecule has 0 aliphatic carbocycles. The van der Waals surface area contributed by atoms with Gasteiger partial charge < -0.3 is 4.42 Å². The fourth-order valence-electron chi connectivity index (χ4n) is 9.02. The standard InChI is InChI=1S/C52H30OS/c1-2-12-31(13-3-1)50-39-17-6-8-19-41(39)51(42-20-9-7-18-40(42)50)35-25-23-32-26-34(24-22-33(32)27-35)43-28-47-52(38-16-5-4-14-36(38)43)45-30-49-44(29-46(45)53-47)37-15-10-11-21-48(37)54-49/h1-30H. The van der Waals surface area contributed by atoms with Crippen molar-refractivity contribution in [3.05, 3.63) is 182 Å². The average Bonchev–Trinajstić information content (AvgIpc) is 3.78. The summed E-state index contributed by atoms with van der Waals surface area (Å²) in [6.07, 6.45) is 0. The van der Waals surface area contributed by atoms with Crippen LogP contribution in [-0.4, -0.2) is 0 Å². The highest BCUT2D eigenvalue weighted by atomic mass is 32.1. The van der Waals surface area contributed by atoms with Gasteiger partial charge in [0.1, 0.15) is 11.2 Å². The summed E-state index contributed by atoms with van der Waals surface area (Å²) in [4.78, 5) is 0. The smallest absolute Gasteiger partial charge is 0.136 e. The van der Waals surface area contributed by atoms with Crippen molar-refractivity contribution in [2.45, 2.75) is 0 Å². The molecule has 2 heteroatoms. The second-order valence-corrected chi connectivity index (χ2v) is 15.5. The summed E-state index contributed by atoms with van der Waals surface area (Å²) >= 11 is 1.85. The molecular formula is C52H30OS. The van der Waals surface area contributed by atoms with Gasteiger partial charge in [0, 0.05) is 30.9 Å². The van der Waals surface area contributed by atoms with Gasteiger partial charge in [-0.05, 0) is 113 Å². The largest absolute Gasteiger partial charge is 0.456 e. The van der Waals surface area contributed by atoms with E-state index in [0.717, 1.165) is 11.2 Å². The summed E-state index contributed by atoms with van der Waals surface area (Å²) in [6.45, 7) is 0. The predicted octanol–water partition coefficient (Wildman–Crippen LogP) is 15.6. The van der Waals surface area contributed by atoms with Gasteiger partial charge in [0.2, 0.25) is 0 Å². The van der Waals surface area contributed by atoms with Crippen LogP contribution in [0.1, 0.15) is 0 Å². The molecule has 54 heavy (non-hydrogen) atoms. The summed E-state index contributed by atoms with van der Waals surface area (Å²) < 4.78 is 9.31. The van der Waals surface area contributed by atoms with Crippen molar-refractivity contribution in [2.24, 2.45) is 0 Å². The van der Waals surface area contributed by atoms with Crippen LogP contribution in [0.2, 0.25) is 0 Å². The molecule has 250 valence electrons. The molecule has 0 amide bonds. The molecule has 0 spiro atoms. The summed E-state index contributed by atoms with van der Waals surface area (Å²) in [5, 5.41) is 14.9. The summed E-state index contributed by atoms with van der Waals surface area (Å²) in [5.74, 6) is 0. The van der Waals surface area contributed by atoms with Crippen molar-refractivity contribution in [3.63, 3.8) is 0 Å². The Hall–Kier alpha value is -6.74. The molecule has 0 fully saturated rings. The van der Waals surface area contributed by atoms with Crippen LogP contribution in [0.4, 0.5) is 0 Å². The Kier molecular flexibility index (Phi) is 6.28. The highest BCUT2D eigenvalue weighted by molar-refractivity contribution is 7.25. The molecule has 0 bridgehead atoms. The van der Waals surface area contributed by atoms with Crippen LogP contribution in [0.3, 0.4) is 0 Å². The number of furan rings is 1. The van der Waals surface area contributed by atoms with E-state index in [9.17, 15) is 0 Å². The maximum absolute atomic E-state index is 6.71. The molecule has 0 N–H and O–H groups in total. The molecule has 2 aromatic heterocycles. The Morgan fingerprint density at radius 3 is 1.57 bits per heavy atom. The summed E-state index contributed by atoms with van der Waals surface area (Å²) in [7, 11) is 0. The summed E-state index contributed by atoms with van der Waals surface area (Å²) in [5.41, 5.74) is 9.26. The van der Waals surface area contributed by atoms with E-state index in [0.29, 0.717) is 0 Å². The van der Waals surface area contributed by atoms with Crippen molar-refractivity contribution in [3.8, 4) is 33.4 Å². The normalized spacial score (nSPS) is 12.1. The summed E-state index contributed by atoms with van der Waals surface area (Å²) in [6, 6.07) is 66.7. The van der Waals surface area contributed by atoms with Crippen LogP contribution >= 0.6 is 11.3 Å². The lowest BCUT2D eigenvalue weighted by atomic mass is 9.85. The number of fused-ring (bicyclic) bond motifs is 11. The topological polar surface area (TPSA) is 13.1 Å². The first-order valence-corrected chi connectivity index (χ1v) is 19.3. The molecule has 0 saturated carbocycles. The first-order valence-electron chi connectivity index (χ1n) is 18.5. The van der Waals surface area contributed by atoms with Gasteiger partial charge in [-0.3, -0.25) is 0 Å². The van der Waals surface area contributed by atoms with E-state index < -0.39 is 0 Å². The van der Waals surface area contributed by atoms with E-state index in [1.165, 1.54) is 107 Å². The minimum Gasteiger partial charge on any atom is -0.456 e. The van der Waals surface area contributed by atoms with Crippen molar-refractivity contribution in [1.29, 1.82) is 0 Å². The molecule has 0 atom stereocenters. The molecule has 0 unspecified atom stereocenters. The van der Waals surface area contributed by atoms with Gasteiger partial charge >= 0.3 is 0 Å². The quantitative estimate of drug-likeness (QED) is 0.167. The van der Waals surface area contributed by atoms with Gasteiger partial charge in [0.05, 0.1) is 0 Å². The van der Waals surface area contributed by atoms with E-state index >= 15 is 0 Å². The molecule has 10 aromatic carbocycles. The number of hydrogen-bond acceptors (Lipinski definition) is 2. The number of benzene rings is 10. The third kappa shape index (κ3) is 4.32. The third-order valence-corrected chi connectivity index (χ3v) is 12.5. The van der Waals surface area contributed by atoms with Gasteiger partial charge in [-0.1, -0.05) is 146 Å². The van der Waals surface area contributed by atoms with E-state index in [1.807, 2.05) is 11.3 Å². The number of rotatable bonds is 3. The highest BCUT2D eigenvalue weighted by Gasteiger charge is 2.19. The van der Waals surface area contributed by atoms with Gasteiger partial charge in [0.25, 0.3) is 0 Å². The third-order valence-electron chi connectivity index (χ3n) is 11.4. The van der Waals surface area contributed by atoms with Crippen molar-refractivity contribution >= 4 is 96.5 Å². The zero-order valence-corrected chi connectivity index (χ0v) is 30.0. The Balaban J connectivity index is 1.03. The second-order valence-electron chi connectivity index (χ2n) is 14.4. The minimum atomic E-state index is 0.925. The van der Waals surface area contributed by atoms with E-state index in [1.54, 1.807) is 0 Å². The number of hydrogen-bond donors (Lipinski definition) is 0. The monoisotopic (exact) mass is 702 g/mol. The Bertz CT molecular complexity index is 3440. The Labute approximate surface area is 314 Å². The van der Waals surface area contributed by atoms with Crippen LogP contribution in [0.25, 0.3) is 119 Å². The molecule has 0 radical (unpaired) electrons. The molecule has 1 nitrogen and oxygen atoms in total. The van der Waals surface area contributed by atoms with E-state index in [4.69, 9.17) is 4.42 Å². The van der Waals surface area contributed by atoms with Crippen molar-refractivity contribution in [2.75, 3.05) is 0 Å². The van der Waals surface area contributed by atoms with Crippen LogP contribution in [0, 0.1) is 0 Å². The van der Waals surface area contributed by atoms with Gasteiger partial charge in [-0.15, -0.1) is 11.3 Å². The van der Waals surface area contributed by atoms with Crippen molar-refractivity contribution < 1.29 is 4.42 Å². The second kappa shape index (κ2) is 11.4. The maximum atomic E-state index is 6.71. The molecular weight excluding hydrogens is 673 g/mol. The lowest BCUT2D eigenvalue weighted by Gasteiger charge is -2.18. The van der Waals surface area contributed by atoms with Gasteiger partial charge in [-0.2, -0.15) is 0 Å². The molecule has 2 heterocycles. The molecule has 0 saturated heterocycles. The first kappa shape index (κ1) is 29.8. The fourth-order valence-corrected chi connectivity index (χ4v) is 10.1. The Morgan fingerprint density at radius 2 is 0.870 bits per heavy atom. The lowest BCUT2D eigenvalue weighted by Crippen LogP contribution is -1.91. The lowest BCUT2D eigenvalue weighted by molar-refractivity contribution is 0.670. The van der Waals surface area contributed by atoms with Gasteiger partial charge in [-0.25, -0.2) is 0 Å². The van der Waals surface area contributed by atoms with Gasteiger partial charge in [0.15, 0.2) is 0 Å². The van der Waals surface area contributed by atoms with Crippen LogP contribution in [0.15, 0.2) is 186 Å². The molecule has 0 aliphatic rings. The van der Waals surface area contributed by atoms with E-state index in [-0.39, 0.29) is 0 Å². The minimum absolute atomic E-state index is 0.925. The fraction of sp³-hybridized carbons (Fsp3) is 0. The zero-order valence-electron chi connectivity index (χ0n) is 29.1. The average molecular weight is 703 g/mol. The first-order chi connectivity index (χ1) is 26.8. The van der Waals surface area contributed by atoms with Crippen molar-refractivity contribution in [1.82, 2.24) is 0 Å². The van der Waals surface area contributed by atoms with Crippen LogP contribution in [-0.2, 0) is 0 Å². The van der Waals surface area contributed by atoms with Crippen LogP contribution in [0.5, 0.6) is 0 Å². The Morgan fingerprint density at radius 1 is 0.315 bits per heavy atom. The molecule has 12 rings (SSSR count).